The minimum Gasteiger partial charge on any atom is -0.244 e. The Morgan fingerprint density at radius 3 is 2.02 bits per heavy atom. The van der Waals surface area contributed by atoms with Crippen molar-refractivity contribution in [2.75, 3.05) is 0 Å². The van der Waals surface area contributed by atoms with E-state index in [1.165, 1.54) is 60.5 Å². The highest BCUT2D eigenvalue weighted by Crippen LogP contribution is 2.54. The summed E-state index contributed by atoms with van der Waals surface area (Å²) in [4.78, 5) is 10.6. The SMILES string of the molecule is C=CC=C1/C(=C(\C)c2c3ccccc3c(-c3nc4ccccc4nc3-c3ccccc3)c3ccc(C)cc23)c2ccccc2C1(C)C. The van der Waals surface area contributed by atoms with E-state index in [0.29, 0.717) is 0 Å². The van der Waals surface area contributed by atoms with Crippen molar-refractivity contribution in [1.82, 2.24) is 9.97 Å². The van der Waals surface area contributed by atoms with Crippen molar-refractivity contribution in [3.8, 4) is 22.5 Å². The van der Waals surface area contributed by atoms with Gasteiger partial charge in [0.25, 0.3) is 0 Å². The quantitative estimate of drug-likeness (QED) is 0.187. The van der Waals surface area contributed by atoms with Crippen LogP contribution < -0.4 is 0 Å². The average Bonchev–Trinajstić information content (AvgIpc) is 3.32. The molecule has 2 heteroatoms. The van der Waals surface area contributed by atoms with Crippen LogP contribution in [-0.2, 0) is 5.41 Å². The Bertz CT molecular complexity index is 2460. The zero-order valence-corrected chi connectivity index (χ0v) is 27.3. The normalized spacial score (nSPS) is 15.8. The van der Waals surface area contributed by atoms with Gasteiger partial charge in [-0.15, -0.1) is 0 Å². The van der Waals surface area contributed by atoms with Crippen LogP contribution in [0.15, 0.2) is 146 Å². The molecule has 0 unspecified atom stereocenters. The Labute approximate surface area is 276 Å². The number of aromatic nitrogens is 2. The van der Waals surface area contributed by atoms with Crippen molar-refractivity contribution >= 4 is 43.7 Å². The Balaban J connectivity index is 1.54. The third-order valence-corrected chi connectivity index (χ3v) is 9.88. The van der Waals surface area contributed by atoms with Gasteiger partial charge in [0, 0.05) is 16.5 Å². The standard InChI is InChI=1S/C45H36N2/c1-6-16-37-41(34-21-12-13-22-36(34)45(37,4)5)29(3)40-31-19-10-11-20-32(31)42(33-26-25-28(2)27-35(33)40)44-43(30-17-8-7-9-18-30)46-38-23-14-15-24-39(38)47-44/h6-27H,1H2,2-5H3/b37-16?,41-29+. The van der Waals surface area contributed by atoms with Crippen molar-refractivity contribution in [2.24, 2.45) is 0 Å². The number of allylic oxidation sites excluding steroid dienone is 5. The molecular formula is C45H36N2. The van der Waals surface area contributed by atoms with E-state index in [-0.39, 0.29) is 5.41 Å². The molecule has 6 aromatic carbocycles. The highest BCUT2D eigenvalue weighted by atomic mass is 14.8. The molecule has 8 rings (SSSR count). The summed E-state index contributed by atoms with van der Waals surface area (Å²) >= 11 is 0. The van der Waals surface area contributed by atoms with Gasteiger partial charge < -0.3 is 0 Å². The number of nitrogens with zero attached hydrogens (tertiary/aromatic N) is 2. The van der Waals surface area contributed by atoms with Gasteiger partial charge in [-0.25, -0.2) is 9.97 Å². The number of aryl methyl sites for hydroxylation is 1. The van der Waals surface area contributed by atoms with Crippen LogP contribution in [0.25, 0.3) is 66.2 Å². The van der Waals surface area contributed by atoms with Gasteiger partial charge in [0.2, 0.25) is 0 Å². The molecule has 0 atom stereocenters. The number of fused-ring (bicyclic) bond motifs is 4. The fourth-order valence-corrected chi connectivity index (χ4v) is 7.71. The van der Waals surface area contributed by atoms with E-state index in [2.05, 4.69) is 137 Å². The van der Waals surface area contributed by atoms with E-state index in [0.717, 1.165) is 33.5 Å². The summed E-state index contributed by atoms with van der Waals surface area (Å²) in [6, 6.07) is 43.2. The third-order valence-electron chi connectivity index (χ3n) is 9.88. The summed E-state index contributed by atoms with van der Waals surface area (Å²) in [6.07, 6.45) is 4.14. The van der Waals surface area contributed by atoms with Crippen molar-refractivity contribution in [2.45, 2.75) is 33.1 Å². The van der Waals surface area contributed by atoms with Gasteiger partial charge >= 0.3 is 0 Å². The first-order valence-corrected chi connectivity index (χ1v) is 16.3. The second-order valence-electron chi connectivity index (χ2n) is 13.1. The predicted molar refractivity (Wildman–Crippen MR) is 200 cm³/mol. The van der Waals surface area contributed by atoms with Crippen molar-refractivity contribution in [1.29, 1.82) is 0 Å². The molecule has 0 saturated heterocycles. The second kappa shape index (κ2) is 11.0. The van der Waals surface area contributed by atoms with Crippen LogP contribution in [0.5, 0.6) is 0 Å². The number of benzene rings is 6. The molecule has 1 aliphatic carbocycles. The van der Waals surface area contributed by atoms with Gasteiger partial charge in [-0.2, -0.15) is 0 Å². The molecule has 7 aromatic rings. The molecule has 226 valence electrons. The van der Waals surface area contributed by atoms with Gasteiger partial charge in [0.15, 0.2) is 0 Å². The molecule has 2 nitrogen and oxygen atoms in total. The van der Waals surface area contributed by atoms with E-state index in [1.54, 1.807) is 0 Å². The van der Waals surface area contributed by atoms with Crippen LogP contribution in [0.2, 0.25) is 0 Å². The molecule has 0 radical (unpaired) electrons. The largest absolute Gasteiger partial charge is 0.244 e. The van der Waals surface area contributed by atoms with Crippen LogP contribution >= 0.6 is 0 Å². The van der Waals surface area contributed by atoms with E-state index in [4.69, 9.17) is 9.97 Å². The molecule has 0 aliphatic heterocycles. The Hall–Kier alpha value is -5.60. The molecule has 47 heavy (non-hydrogen) atoms. The molecular weight excluding hydrogens is 569 g/mol. The average molecular weight is 605 g/mol. The second-order valence-corrected chi connectivity index (χ2v) is 13.1. The number of hydrogen-bond donors (Lipinski definition) is 0. The van der Waals surface area contributed by atoms with Crippen molar-refractivity contribution in [3.05, 3.63) is 168 Å². The minimum atomic E-state index is -0.145. The van der Waals surface area contributed by atoms with Crippen LogP contribution in [-0.4, -0.2) is 9.97 Å². The molecule has 1 heterocycles. The van der Waals surface area contributed by atoms with Crippen molar-refractivity contribution in [3.63, 3.8) is 0 Å². The molecule has 1 aliphatic rings. The third kappa shape index (κ3) is 4.47. The van der Waals surface area contributed by atoms with Gasteiger partial charge in [0.1, 0.15) is 0 Å². The summed E-state index contributed by atoms with van der Waals surface area (Å²) in [5.41, 5.74) is 14.6. The maximum atomic E-state index is 5.39. The molecule has 0 saturated carbocycles. The van der Waals surface area contributed by atoms with Gasteiger partial charge in [-0.1, -0.05) is 147 Å². The molecule has 0 spiro atoms. The van der Waals surface area contributed by atoms with Gasteiger partial charge in [0.05, 0.1) is 22.4 Å². The Kier molecular flexibility index (Phi) is 6.77. The smallest absolute Gasteiger partial charge is 0.0985 e. The zero-order valence-electron chi connectivity index (χ0n) is 27.3. The van der Waals surface area contributed by atoms with E-state index < -0.39 is 0 Å². The van der Waals surface area contributed by atoms with Gasteiger partial charge in [-0.05, 0) is 80.9 Å². The summed E-state index contributed by atoms with van der Waals surface area (Å²) in [7, 11) is 0. The topological polar surface area (TPSA) is 25.8 Å². The summed E-state index contributed by atoms with van der Waals surface area (Å²) in [6.45, 7) is 13.3. The molecule has 0 amide bonds. The van der Waals surface area contributed by atoms with Crippen LogP contribution in [0.1, 0.15) is 43.0 Å². The van der Waals surface area contributed by atoms with E-state index in [1.807, 2.05) is 30.3 Å². The predicted octanol–water partition coefficient (Wildman–Crippen LogP) is 11.9. The fourth-order valence-electron chi connectivity index (χ4n) is 7.71. The number of rotatable bonds is 4. The molecule has 0 bridgehead atoms. The lowest BCUT2D eigenvalue weighted by Gasteiger charge is -2.23. The minimum absolute atomic E-state index is 0.145. The first kappa shape index (κ1) is 28.8. The zero-order chi connectivity index (χ0) is 32.3. The highest BCUT2D eigenvalue weighted by molar-refractivity contribution is 6.22. The lowest BCUT2D eigenvalue weighted by molar-refractivity contribution is 0.661. The van der Waals surface area contributed by atoms with Crippen LogP contribution in [0.4, 0.5) is 0 Å². The maximum Gasteiger partial charge on any atom is 0.0985 e. The number of para-hydroxylation sites is 2. The van der Waals surface area contributed by atoms with Gasteiger partial charge in [-0.3, -0.25) is 0 Å². The van der Waals surface area contributed by atoms with Crippen LogP contribution in [0.3, 0.4) is 0 Å². The first-order chi connectivity index (χ1) is 22.9. The van der Waals surface area contributed by atoms with E-state index >= 15 is 0 Å². The monoisotopic (exact) mass is 604 g/mol. The maximum absolute atomic E-state index is 5.39. The molecule has 1 aromatic heterocycles. The summed E-state index contributed by atoms with van der Waals surface area (Å²) in [5.74, 6) is 0. The molecule has 0 fully saturated rings. The van der Waals surface area contributed by atoms with Crippen molar-refractivity contribution < 1.29 is 0 Å². The first-order valence-electron chi connectivity index (χ1n) is 16.3. The lowest BCUT2D eigenvalue weighted by atomic mass is 9.80. The Morgan fingerprint density at radius 1 is 0.660 bits per heavy atom. The highest BCUT2D eigenvalue weighted by Gasteiger charge is 2.39. The summed E-state index contributed by atoms with van der Waals surface area (Å²) in [5, 5.41) is 4.77. The number of hydrogen-bond acceptors (Lipinski definition) is 2. The van der Waals surface area contributed by atoms with Crippen LogP contribution in [0, 0.1) is 6.92 Å². The fraction of sp³-hybridized carbons (Fsp3) is 0.111. The van der Waals surface area contributed by atoms with E-state index in [9.17, 15) is 0 Å². The Morgan fingerprint density at radius 2 is 1.28 bits per heavy atom. The molecule has 0 N–H and O–H groups in total. The summed E-state index contributed by atoms with van der Waals surface area (Å²) < 4.78 is 0. The lowest BCUT2D eigenvalue weighted by Crippen LogP contribution is -2.15.